The van der Waals surface area contributed by atoms with Crippen molar-refractivity contribution >= 4 is 5.65 Å². The summed E-state index contributed by atoms with van der Waals surface area (Å²) in [6.45, 7) is 1.79. The normalized spacial score (nSPS) is 11.1. The van der Waals surface area contributed by atoms with Gasteiger partial charge in [0.05, 0.1) is 11.3 Å². The van der Waals surface area contributed by atoms with E-state index in [1.54, 1.807) is 31.3 Å². The molecule has 2 aromatic carbocycles. The van der Waals surface area contributed by atoms with Gasteiger partial charge in [0.2, 0.25) is 0 Å². The molecule has 0 amide bonds. The molecule has 0 bridgehead atoms. The SMILES string of the molecule is Cc1nc2c(-c3ccccc3F)c[nH]n2c(=O)c1-c1ccccc1. The lowest BCUT2D eigenvalue weighted by Crippen LogP contribution is -2.19. The second kappa shape index (κ2) is 5.45. The molecule has 0 atom stereocenters. The van der Waals surface area contributed by atoms with Crippen molar-refractivity contribution in [3.8, 4) is 22.3 Å². The Labute approximate surface area is 137 Å². The summed E-state index contributed by atoms with van der Waals surface area (Å²) in [6.07, 6.45) is 1.61. The Kier molecular flexibility index (Phi) is 3.27. The van der Waals surface area contributed by atoms with Crippen LogP contribution in [0.15, 0.2) is 65.6 Å². The van der Waals surface area contributed by atoms with Gasteiger partial charge in [0.15, 0.2) is 5.65 Å². The predicted octanol–water partition coefficient (Wildman–Crippen LogP) is 3.80. The predicted molar refractivity (Wildman–Crippen MR) is 91.4 cm³/mol. The first-order valence-corrected chi connectivity index (χ1v) is 7.58. The van der Waals surface area contributed by atoms with Gasteiger partial charge in [0.25, 0.3) is 5.56 Å². The average Bonchev–Trinajstić information content (AvgIpc) is 3.00. The lowest BCUT2D eigenvalue weighted by atomic mass is 10.1. The number of H-pyrrole nitrogens is 1. The maximum atomic E-state index is 14.1. The van der Waals surface area contributed by atoms with E-state index in [0.717, 1.165) is 5.56 Å². The lowest BCUT2D eigenvalue weighted by Gasteiger charge is -2.06. The fraction of sp³-hybridized carbons (Fsp3) is 0.0526. The number of aryl methyl sites for hydroxylation is 1. The van der Waals surface area contributed by atoms with Crippen LogP contribution in [0, 0.1) is 12.7 Å². The number of halogens is 1. The fourth-order valence-corrected chi connectivity index (χ4v) is 2.94. The van der Waals surface area contributed by atoms with Crippen LogP contribution in [0.5, 0.6) is 0 Å². The first-order valence-electron chi connectivity index (χ1n) is 7.58. The van der Waals surface area contributed by atoms with Crippen molar-refractivity contribution in [2.24, 2.45) is 0 Å². The maximum Gasteiger partial charge on any atom is 0.280 e. The van der Waals surface area contributed by atoms with E-state index in [9.17, 15) is 9.18 Å². The molecule has 0 spiro atoms. The van der Waals surface area contributed by atoms with Crippen LogP contribution in [-0.2, 0) is 0 Å². The highest BCUT2D eigenvalue weighted by Crippen LogP contribution is 2.27. The molecule has 0 aliphatic rings. The molecule has 4 nitrogen and oxygen atoms in total. The van der Waals surface area contributed by atoms with E-state index in [1.165, 1.54) is 10.6 Å². The van der Waals surface area contributed by atoms with E-state index in [1.807, 2.05) is 30.3 Å². The maximum absolute atomic E-state index is 14.1. The summed E-state index contributed by atoms with van der Waals surface area (Å²) < 4.78 is 15.5. The van der Waals surface area contributed by atoms with Crippen LogP contribution in [0.2, 0.25) is 0 Å². The number of hydrogen-bond donors (Lipinski definition) is 1. The Bertz CT molecular complexity index is 1100. The van der Waals surface area contributed by atoms with Crippen molar-refractivity contribution in [1.29, 1.82) is 0 Å². The molecule has 0 saturated carbocycles. The summed E-state index contributed by atoms with van der Waals surface area (Å²) in [5, 5.41) is 2.89. The first-order chi connectivity index (χ1) is 11.7. The van der Waals surface area contributed by atoms with Gasteiger partial charge in [0.1, 0.15) is 5.82 Å². The van der Waals surface area contributed by atoms with Gasteiger partial charge in [-0.2, -0.15) is 0 Å². The highest BCUT2D eigenvalue weighted by Gasteiger charge is 2.17. The topological polar surface area (TPSA) is 50.2 Å². The summed E-state index contributed by atoms with van der Waals surface area (Å²) in [5.74, 6) is -0.349. The molecule has 24 heavy (non-hydrogen) atoms. The highest BCUT2D eigenvalue weighted by molar-refractivity contribution is 5.78. The molecule has 0 fully saturated rings. The third kappa shape index (κ3) is 2.13. The molecule has 0 radical (unpaired) electrons. The Morgan fingerprint density at radius 3 is 2.46 bits per heavy atom. The molecule has 0 saturated heterocycles. The van der Waals surface area contributed by atoms with E-state index in [0.29, 0.717) is 28.0 Å². The molecule has 4 aromatic rings. The van der Waals surface area contributed by atoms with Crippen LogP contribution >= 0.6 is 0 Å². The quantitative estimate of drug-likeness (QED) is 0.611. The minimum absolute atomic E-state index is 0.203. The second-order valence-corrected chi connectivity index (χ2v) is 5.57. The summed E-state index contributed by atoms with van der Waals surface area (Å²) >= 11 is 0. The van der Waals surface area contributed by atoms with Crippen molar-refractivity contribution in [3.05, 3.63) is 82.7 Å². The molecular formula is C19H14FN3O. The van der Waals surface area contributed by atoms with E-state index in [-0.39, 0.29) is 11.4 Å². The number of aromatic nitrogens is 3. The number of benzene rings is 2. The number of fused-ring (bicyclic) bond motifs is 1. The summed E-state index contributed by atoms with van der Waals surface area (Å²) in [5.41, 5.74) is 3.15. The zero-order chi connectivity index (χ0) is 16.7. The Morgan fingerprint density at radius 1 is 1.00 bits per heavy atom. The average molecular weight is 319 g/mol. The number of hydrogen-bond acceptors (Lipinski definition) is 2. The minimum Gasteiger partial charge on any atom is -0.296 e. The van der Waals surface area contributed by atoms with Gasteiger partial charge in [-0.15, -0.1) is 0 Å². The zero-order valence-corrected chi connectivity index (χ0v) is 13.0. The van der Waals surface area contributed by atoms with Crippen molar-refractivity contribution < 1.29 is 4.39 Å². The van der Waals surface area contributed by atoms with Crippen LogP contribution in [0.25, 0.3) is 27.9 Å². The molecular weight excluding hydrogens is 305 g/mol. The Balaban J connectivity index is 2.01. The smallest absolute Gasteiger partial charge is 0.280 e. The van der Waals surface area contributed by atoms with E-state index < -0.39 is 0 Å². The number of aromatic amines is 1. The molecule has 1 N–H and O–H groups in total. The van der Waals surface area contributed by atoms with Crippen LogP contribution in [0.3, 0.4) is 0 Å². The number of nitrogens with one attached hydrogen (secondary N) is 1. The van der Waals surface area contributed by atoms with Crippen LogP contribution in [-0.4, -0.2) is 14.6 Å². The summed E-state index contributed by atoms with van der Waals surface area (Å²) in [6, 6.07) is 15.8. The molecule has 0 aliphatic heterocycles. The van der Waals surface area contributed by atoms with E-state index in [2.05, 4.69) is 10.1 Å². The van der Waals surface area contributed by atoms with Gasteiger partial charge in [-0.1, -0.05) is 48.5 Å². The van der Waals surface area contributed by atoms with Gasteiger partial charge in [-0.25, -0.2) is 13.9 Å². The third-order valence-corrected chi connectivity index (χ3v) is 4.07. The zero-order valence-electron chi connectivity index (χ0n) is 13.0. The lowest BCUT2D eigenvalue weighted by molar-refractivity contribution is 0.631. The van der Waals surface area contributed by atoms with Gasteiger partial charge < -0.3 is 0 Å². The minimum atomic E-state index is -0.349. The van der Waals surface area contributed by atoms with Gasteiger partial charge in [-0.3, -0.25) is 9.89 Å². The molecule has 118 valence electrons. The standard InChI is InChI=1S/C19H14FN3O/c1-12-17(13-7-3-2-4-8-13)19(24)23-18(22-12)15(11-21-23)14-9-5-6-10-16(14)20/h2-11,21H,1H3. The van der Waals surface area contributed by atoms with Crippen LogP contribution in [0.1, 0.15) is 5.69 Å². The van der Waals surface area contributed by atoms with Crippen LogP contribution < -0.4 is 5.56 Å². The van der Waals surface area contributed by atoms with Crippen molar-refractivity contribution in [2.45, 2.75) is 6.92 Å². The molecule has 2 heterocycles. The first kappa shape index (κ1) is 14.4. The Hall–Kier alpha value is -3.21. The third-order valence-electron chi connectivity index (χ3n) is 4.07. The van der Waals surface area contributed by atoms with Crippen molar-refractivity contribution in [3.63, 3.8) is 0 Å². The largest absolute Gasteiger partial charge is 0.296 e. The fourth-order valence-electron chi connectivity index (χ4n) is 2.94. The second-order valence-electron chi connectivity index (χ2n) is 5.57. The monoisotopic (exact) mass is 319 g/mol. The molecule has 2 aromatic heterocycles. The van der Waals surface area contributed by atoms with Gasteiger partial charge in [-0.05, 0) is 18.6 Å². The number of nitrogens with zero attached hydrogens (tertiary/aromatic N) is 2. The van der Waals surface area contributed by atoms with Crippen molar-refractivity contribution in [2.75, 3.05) is 0 Å². The van der Waals surface area contributed by atoms with Gasteiger partial charge in [0, 0.05) is 17.3 Å². The van der Waals surface area contributed by atoms with Crippen molar-refractivity contribution in [1.82, 2.24) is 14.6 Å². The molecule has 4 rings (SSSR count). The summed E-state index contributed by atoms with van der Waals surface area (Å²) in [7, 11) is 0. The Morgan fingerprint density at radius 2 is 1.71 bits per heavy atom. The van der Waals surface area contributed by atoms with E-state index >= 15 is 0 Å². The van der Waals surface area contributed by atoms with Crippen LogP contribution in [0.4, 0.5) is 4.39 Å². The van der Waals surface area contributed by atoms with Gasteiger partial charge >= 0.3 is 0 Å². The highest BCUT2D eigenvalue weighted by atomic mass is 19.1. The number of rotatable bonds is 2. The van der Waals surface area contributed by atoms with E-state index in [4.69, 9.17) is 0 Å². The molecule has 5 heteroatoms. The molecule has 0 unspecified atom stereocenters. The summed E-state index contributed by atoms with van der Waals surface area (Å²) in [4.78, 5) is 17.4. The molecule has 0 aliphatic carbocycles.